The Hall–Kier alpha value is -1.88. The molecule has 5 nitrogen and oxygen atoms in total. The Bertz CT molecular complexity index is 712. The third-order valence-corrected chi connectivity index (χ3v) is 4.74. The van der Waals surface area contributed by atoms with Gasteiger partial charge in [-0.3, -0.25) is 4.79 Å². The Kier molecular flexibility index (Phi) is 3.18. The molecule has 22 heavy (non-hydrogen) atoms. The lowest BCUT2D eigenvalue weighted by atomic mass is 10.0. The molecule has 0 aromatic carbocycles. The monoisotopic (exact) mass is 300 g/mol. The largest absolute Gasteiger partial charge is 0.373 e. The van der Waals surface area contributed by atoms with E-state index < -0.39 is 0 Å². The molecule has 3 heterocycles. The zero-order chi connectivity index (χ0) is 15.2. The summed E-state index contributed by atoms with van der Waals surface area (Å²) in [7, 11) is 0. The quantitative estimate of drug-likeness (QED) is 0.848. The van der Waals surface area contributed by atoms with Crippen molar-refractivity contribution in [1.29, 1.82) is 0 Å². The van der Waals surface area contributed by atoms with E-state index in [9.17, 15) is 4.79 Å². The van der Waals surface area contributed by atoms with Gasteiger partial charge >= 0.3 is 0 Å². The molecule has 1 amide bonds. The molecule has 4 rings (SSSR count). The van der Waals surface area contributed by atoms with Crippen molar-refractivity contribution in [2.45, 2.75) is 44.1 Å². The van der Waals surface area contributed by atoms with Crippen LogP contribution in [0, 0.1) is 0 Å². The van der Waals surface area contributed by atoms with E-state index in [-0.39, 0.29) is 11.5 Å². The second-order valence-corrected chi connectivity index (χ2v) is 6.70. The normalized spacial score (nSPS) is 24.8. The van der Waals surface area contributed by atoms with Crippen molar-refractivity contribution < 1.29 is 13.9 Å². The van der Waals surface area contributed by atoms with Gasteiger partial charge < -0.3 is 10.1 Å². The van der Waals surface area contributed by atoms with Crippen LogP contribution < -0.4 is 9.72 Å². The number of H-pyrrole nitrogens is 1. The second-order valence-electron chi connectivity index (χ2n) is 6.70. The number of fused-ring (bicyclic) bond motifs is 1. The van der Waals surface area contributed by atoms with Gasteiger partial charge in [0, 0.05) is 13.2 Å². The minimum atomic E-state index is -0.218. The number of carbonyl (C=O) groups is 1. The number of hydrogen-bond acceptors (Lipinski definition) is 2. The summed E-state index contributed by atoms with van der Waals surface area (Å²) in [5.41, 5.74) is 1.38. The van der Waals surface area contributed by atoms with E-state index >= 15 is 0 Å². The first-order chi connectivity index (χ1) is 10.7. The van der Waals surface area contributed by atoms with E-state index in [1.807, 2.05) is 24.4 Å². The zero-order valence-corrected chi connectivity index (χ0v) is 12.9. The van der Waals surface area contributed by atoms with Gasteiger partial charge in [-0.2, -0.15) is 4.40 Å². The summed E-state index contributed by atoms with van der Waals surface area (Å²) in [4.78, 5) is 16.0. The molecule has 1 unspecified atom stereocenters. The van der Waals surface area contributed by atoms with Gasteiger partial charge in [0.25, 0.3) is 11.7 Å². The van der Waals surface area contributed by atoms with Crippen LogP contribution in [0.2, 0.25) is 0 Å². The molecular formula is C17H22N3O2+. The Morgan fingerprint density at radius 2 is 2.36 bits per heavy atom. The first-order valence-electron chi connectivity index (χ1n) is 8.11. The Labute approximate surface area is 129 Å². The molecule has 1 aliphatic heterocycles. The standard InChI is InChI=1S/C17H21N3O2/c1-17(8-4-10-22-17)11-18-16(21)14-13-5-2-3-9-20(13)15(19-14)12-6-7-12/h2-3,5,9,12H,4,6-8,10-11H2,1H3,(H,18,21)/p+1. The molecule has 2 N–H and O–H groups in total. The predicted octanol–water partition coefficient (Wildman–Crippen LogP) is 1.93. The van der Waals surface area contributed by atoms with Crippen LogP contribution in [0.1, 0.15) is 54.8 Å². The maximum Gasteiger partial charge on any atom is 0.295 e. The lowest BCUT2D eigenvalue weighted by Gasteiger charge is -2.22. The van der Waals surface area contributed by atoms with E-state index in [0.29, 0.717) is 18.2 Å². The number of aromatic amines is 1. The van der Waals surface area contributed by atoms with Crippen LogP contribution in [-0.4, -0.2) is 29.6 Å². The number of imidazole rings is 1. The van der Waals surface area contributed by atoms with Crippen molar-refractivity contribution in [3.05, 3.63) is 35.9 Å². The first kappa shape index (κ1) is 13.8. The molecule has 2 fully saturated rings. The fraction of sp³-hybridized carbons (Fsp3) is 0.529. The van der Waals surface area contributed by atoms with E-state index in [1.54, 1.807) is 0 Å². The van der Waals surface area contributed by atoms with E-state index in [4.69, 9.17) is 4.74 Å². The predicted molar refractivity (Wildman–Crippen MR) is 81.9 cm³/mol. The van der Waals surface area contributed by atoms with Crippen LogP contribution in [-0.2, 0) is 4.74 Å². The molecule has 1 saturated heterocycles. The number of aromatic nitrogens is 2. The summed E-state index contributed by atoms with van der Waals surface area (Å²) in [6.07, 6.45) is 6.49. The molecule has 0 spiro atoms. The summed E-state index contributed by atoms with van der Waals surface area (Å²) in [5.74, 6) is 1.66. The topological polar surface area (TPSA) is 58.2 Å². The second kappa shape index (κ2) is 5.09. The molecule has 2 aromatic heterocycles. The van der Waals surface area contributed by atoms with Crippen molar-refractivity contribution in [1.82, 2.24) is 10.3 Å². The Morgan fingerprint density at radius 1 is 1.50 bits per heavy atom. The minimum absolute atomic E-state index is 0.0488. The lowest BCUT2D eigenvalue weighted by Crippen LogP contribution is -2.40. The molecule has 1 aliphatic carbocycles. The highest BCUT2D eigenvalue weighted by molar-refractivity contribution is 5.98. The molecule has 116 valence electrons. The number of nitrogens with one attached hydrogen (secondary N) is 2. The van der Waals surface area contributed by atoms with Crippen molar-refractivity contribution in [3.63, 3.8) is 0 Å². The SMILES string of the molecule is CC1(CNC(=O)c2[nH]c(C3CC3)[n+]3ccccc23)CCCO1. The number of nitrogens with zero attached hydrogens (tertiary/aromatic N) is 1. The summed E-state index contributed by atoms with van der Waals surface area (Å²) in [6, 6.07) is 5.96. The number of ether oxygens (including phenoxy) is 1. The number of carbonyl (C=O) groups excluding carboxylic acids is 1. The number of amides is 1. The smallest absolute Gasteiger partial charge is 0.295 e. The lowest BCUT2D eigenvalue weighted by molar-refractivity contribution is -0.521. The van der Waals surface area contributed by atoms with Crippen LogP contribution >= 0.6 is 0 Å². The maximum atomic E-state index is 12.6. The molecule has 0 bridgehead atoms. The fourth-order valence-electron chi connectivity index (χ4n) is 3.27. The van der Waals surface area contributed by atoms with Crippen LogP contribution in [0.4, 0.5) is 0 Å². The van der Waals surface area contributed by atoms with Crippen molar-refractivity contribution in [2.75, 3.05) is 13.2 Å². The average Bonchev–Trinajstić information content (AvgIpc) is 3.16. The van der Waals surface area contributed by atoms with E-state index in [0.717, 1.165) is 30.8 Å². The molecule has 1 saturated carbocycles. The number of pyridine rings is 1. The fourth-order valence-corrected chi connectivity index (χ4v) is 3.27. The molecule has 5 heteroatoms. The van der Waals surface area contributed by atoms with Gasteiger partial charge in [0.1, 0.15) is 0 Å². The van der Waals surface area contributed by atoms with Crippen LogP contribution in [0.3, 0.4) is 0 Å². The molecule has 1 atom stereocenters. The van der Waals surface area contributed by atoms with Gasteiger partial charge in [-0.15, -0.1) is 0 Å². The third-order valence-electron chi connectivity index (χ3n) is 4.74. The van der Waals surface area contributed by atoms with Crippen LogP contribution in [0.15, 0.2) is 24.4 Å². The summed E-state index contributed by atoms with van der Waals surface area (Å²) < 4.78 is 7.85. The molecular weight excluding hydrogens is 278 g/mol. The maximum absolute atomic E-state index is 12.6. The molecule has 2 aliphatic rings. The van der Waals surface area contributed by atoms with Gasteiger partial charge in [0.05, 0.1) is 17.7 Å². The first-order valence-corrected chi connectivity index (χ1v) is 8.11. The van der Waals surface area contributed by atoms with Crippen molar-refractivity contribution in [3.8, 4) is 0 Å². The Morgan fingerprint density at radius 3 is 3.09 bits per heavy atom. The zero-order valence-electron chi connectivity index (χ0n) is 12.9. The number of rotatable bonds is 4. The number of hydrogen-bond donors (Lipinski definition) is 2. The Balaban J connectivity index is 1.59. The van der Waals surface area contributed by atoms with Crippen molar-refractivity contribution >= 4 is 11.4 Å². The summed E-state index contributed by atoms with van der Waals surface area (Å²) in [6.45, 7) is 3.42. The molecule has 0 radical (unpaired) electrons. The summed E-state index contributed by atoms with van der Waals surface area (Å²) >= 11 is 0. The van der Waals surface area contributed by atoms with Gasteiger partial charge in [-0.1, -0.05) is 6.07 Å². The van der Waals surface area contributed by atoms with Crippen LogP contribution in [0.25, 0.3) is 5.52 Å². The molecule has 2 aromatic rings. The van der Waals surface area contributed by atoms with E-state index in [1.165, 1.54) is 12.8 Å². The van der Waals surface area contributed by atoms with Crippen LogP contribution in [0.5, 0.6) is 0 Å². The van der Waals surface area contributed by atoms with E-state index in [2.05, 4.69) is 21.6 Å². The van der Waals surface area contributed by atoms with Gasteiger partial charge in [-0.05, 0) is 44.7 Å². The van der Waals surface area contributed by atoms with Gasteiger partial charge in [0.15, 0.2) is 5.52 Å². The average molecular weight is 300 g/mol. The third kappa shape index (κ3) is 2.39. The highest BCUT2D eigenvalue weighted by atomic mass is 16.5. The minimum Gasteiger partial charge on any atom is -0.373 e. The summed E-state index contributed by atoms with van der Waals surface area (Å²) in [5, 5.41) is 3.04. The highest BCUT2D eigenvalue weighted by Crippen LogP contribution is 2.38. The van der Waals surface area contributed by atoms with Crippen molar-refractivity contribution in [2.24, 2.45) is 0 Å². The van der Waals surface area contributed by atoms with Gasteiger partial charge in [-0.25, -0.2) is 4.98 Å². The van der Waals surface area contributed by atoms with Gasteiger partial charge in [0.2, 0.25) is 5.69 Å². The highest BCUT2D eigenvalue weighted by Gasteiger charge is 2.36.